The van der Waals surface area contributed by atoms with Gasteiger partial charge in [-0.25, -0.2) is 0 Å². The zero-order valence-electron chi connectivity index (χ0n) is 16.7. The van der Waals surface area contributed by atoms with Crippen molar-refractivity contribution in [3.05, 3.63) is 41.5 Å². The number of aromatic nitrogens is 2. The average molecular weight is 371 g/mol. The van der Waals surface area contributed by atoms with Gasteiger partial charge in [0.25, 0.3) is 0 Å². The first-order valence-electron chi connectivity index (χ1n) is 9.15. The van der Waals surface area contributed by atoms with Crippen LogP contribution < -0.4 is 15.1 Å². The smallest absolute Gasteiger partial charge is 0.320 e. The van der Waals surface area contributed by atoms with Gasteiger partial charge in [0.1, 0.15) is 12.4 Å². The average Bonchev–Trinajstić information content (AvgIpc) is 2.61. The number of hydrogen-bond donors (Lipinski definition) is 2. The molecule has 0 amide bonds. The minimum Gasteiger partial charge on any atom is -0.460 e. The van der Waals surface area contributed by atoms with Gasteiger partial charge in [0.05, 0.1) is 11.8 Å². The second-order valence-corrected chi connectivity index (χ2v) is 6.95. The molecule has 0 bridgehead atoms. The number of aliphatic hydroxyl groups is 1. The molecule has 0 aliphatic heterocycles. The van der Waals surface area contributed by atoms with E-state index < -0.39 is 5.60 Å². The summed E-state index contributed by atoms with van der Waals surface area (Å²) in [5.41, 5.74) is 4.15. The molecule has 2 N–H and O–H groups in total. The monoisotopic (exact) mass is 371 g/mol. The van der Waals surface area contributed by atoms with Crippen LogP contribution in [0.25, 0.3) is 0 Å². The van der Waals surface area contributed by atoms with Crippen molar-refractivity contribution in [2.75, 3.05) is 30.0 Å². The summed E-state index contributed by atoms with van der Waals surface area (Å²) in [5.74, 6) is 1.27. The minimum absolute atomic E-state index is 0.0979. The maximum absolute atomic E-state index is 9.88. The molecule has 0 radical (unpaired) electrons. The molecule has 2 rings (SSSR count). The van der Waals surface area contributed by atoms with Crippen molar-refractivity contribution in [3.8, 4) is 6.01 Å². The zero-order valence-corrected chi connectivity index (χ0v) is 16.7. The molecule has 27 heavy (non-hydrogen) atoms. The first-order chi connectivity index (χ1) is 12.8. The highest BCUT2D eigenvalue weighted by molar-refractivity contribution is 5.80. The van der Waals surface area contributed by atoms with E-state index in [2.05, 4.69) is 39.2 Å². The van der Waals surface area contributed by atoms with Crippen molar-refractivity contribution in [1.29, 1.82) is 0 Å². The number of benzene rings is 1. The zero-order chi connectivity index (χ0) is 19.9. The molecule has 1 heterocycles. The SMILES string of the molecule is CCN(CC)c1cc(N/N=C/c2cccc(C)c2)nc(OCC(C)(C)O)n1. The van der Waals surface area contributed by atoms with Gasteiger partial charge in [0.2, 0.25) is 0 Å². The molecule has 0 aliphatic rings. The van der Waals surface area contributed by atoms with E-state index in [9.17, 15) is 5.11 Å². The van der Waals surface area contributed by atoms with Gasteiger partial charge in [-0.2, -0.15) is 15.1 Å². The van der Waals surface area contributed by atoms with Crippen LogP contribution in [0.3, 0.4) is 0 Å². The number of aryl methyl sites for hydroxylation is 1. The van der Waals surface area contributed by atoms with Crippen molar-refractivity contribution < 1.29 is 9.84 Å². The Bertz CT molecular complexity index is 767. The van der Waals surface area contributed by atoms with Crippen molar-refractivity contribution >= 4 is 17.9 Å². The summed E-state index contributed by atoms with van der Waals surface area (Å²) in [6, 6.07) is 10.1. The van der Waals surface area contributed by atoms with Gasteiger partial charge in [-0.1, -0.05) is 29.8 Å². The number of ether oxygens (including phenoxy) is 1. The van der Waals surface area contributed by atoms with Crippen molar-refractivity contribution in [1.82, 2.24) is 9.97 Å². The topological polar surface area (TPSA) is 82.9 Å². The van der Waals surface area contributed by atoms with Crippen LogP contribution in [0, 0.1) is 6.92 Å². The van der Waals surface area contributed by atoms with E-state index in [1.807, 2.05) is 37.3 Å². The second-order valence-electron chi connectivity index (χ2n) is 6.95. The van der Waals surface area contributed by atoms with Crippen molar-refractivity contribution in [2.24, 2.45) is 5.10 Å². The Morgan fingerprint density at radius 1 is 1.22 bits per heavy atom. The fourth-order valence-corrected chi connectivity index (χ4v) is 2.41. The summed E-state index contributed by atoms with van der Waals surface area (Å²) in [7, 11) is 0. The van der Waals surface area contributed by atoms with E-state index >= 15 is 0 Å². The third-order valence-corrected chi connectivity index (χ3v) is 3.77. The lowest BCUT2D eigenvalue weighted by Crippen LogP contribution is -2.29. The number of hydrogen-bond acceptors (Lipinski definition) is 7. The van der Waals surface area contributed by atoms with Crippen molar-refractivity contribution in [2.45, 2.75) is 40.2 Å². The van der Waals surface area contributed by atoms with E-state index in [1.165, 1.54) is 5.56 Å². The van der Waals surface area contributed by atoms with Gasteiger partial charge in [0.15, 0.2) is 5.82 Å². The molecule has 1 aromatic carbocycles. The minimum atomic E-state index is -0.967. The van der Waals surface area contributed by atoms with Crippen molar-refractivity contribution in [3.63, 3.8) is 0 Å². The molecule has 0 fully saturated rings. The third-order valence-electron chi connectivity index (χ3n) is 3.77. The Labute approximate surface area is 161 Å². The molecule has 0 unspecified atom stereocenters. The molecule has 1 aromatic heterocycles. The summed E-state index contributed by atoms with van der Waals surface area (Å²) >= 11 is 0. The third kappa shape index (κ3) is 6.86. The maximum Gasteiger partial charge on any atom is 0.320 e. The van der Waals surface area contributed by atoms with Gasteiger partial charge in [-0.15, -0.1) is 0 Å². The van der Waals surface area contributed by atoms with E-state index in [0.717, 1.165) is 24.5 Å². The number of nitrogens with zero attached hydrogens (tertiary/aromatic N) is 4. The highest BCUT2D eigenvalue weighted by atomic mass is 16.5. The van der Waals surface area contributed by atoms with E-state index in [0.29, 0.717) is 5.82 Å². The van der Waals surface area contributed by atoms with Gasteiger partial charge in [-0.05, 0) is 40.2 Å². The molecular formula is C20H29N5O2. The molecule has 7 heteroatoms. The van der Waals surface area contributed by atoms with Gasteiger partial charge in [0, 0.05) is 19.2 Å². The van der Waals surface area contributed by atoms with E-state index in [4.69, 9.17) is 4.74 Å². The predicted molar refractivity (Wildman–Crippen MR) is 110 cm³/mol. The van der Waals surface area contributed by atoms with E-state index in [-0.39, 0.29) is 12.6 Å². The molecule has 0 atom stereocenters. The van der Waals surface area contributed by atoms with E-state index in [1.54, 1.807) is 20.1 Å². The highest BCUT2D eigenvalue weighted by Crippen LogP contribution is 2.20. The first kappa shape index (κ1) is 20.6. The van der Waals surface area contributed by atoms with Crippen LogP contribution in [0.15, 0.2) is 35.4 Å². The molecule has 2 aromatic rings. The van der Waals surface area contributed by atoms with Crippen LogP contribution in [0.4, 0.5) is 11.6 Å². The number of hydrazone groups is 1. The second kappa shape index (κ2) is 9.32. The lowest BCUT2D eigenvalue weighted by atomic mass is 10.2. The van der Waals surface area contributed by atoms with Gasteiger partial charge >= 0.3 is 6.01 Å². The van der Waals surface area contributed by atoms with Crippen LogP contribution in [0.2, 0.25) is 0 Å². The van der Waals surface area contributed by atoms with Crippen LogP contribution in [0.1, 0.15) is 38.8 Å². The summed E-state index contributed by atoms with van der Waals surface area (Å²) in [6.45, 7) is 11.2. The maximum atomic E-state index is 9.88. The largest absolute Gasteiger partial charge is 0.460 e. The van der Waals surface area contributed by atoms with Crippen LogP contribution in [-0.2, 0) is 0 Å². The first-order valence-corrected chi connectivity index (χ1v) is 9.15. The Balaban J connectivity index is 2.20. The molecule has 0 aliphatic carbocycles. The molecule has 0 spiro atoms. The molecule has 0 saturated heterocycles. The Morgan fingerprint density at radius 2 is 1.96 bits per heavy atom. The lowest BCUT2D eigenvalue weighted by molar-refractivity contribution is 0.0251. The fraction of sp³-hybridized carbons (Fsp3) is 0.450. The fourth-order valence-electron chi connectivity index (χ4n) is 2.41. The Kier molecular flexibility index (Phi) is 7.12. The van der Waals surface area contributed by atoms with Crippen LogP contribution in [-0.4, -0.2) is 46.6 Å². The predicted octanol–water partition coefficient (Wildman–Crippen LogP) is 3.23. The van der Waals surface area contributed by atoms with Crippen LogP contribution >= 0.6 is 0 Å². The number of rotatable bonds is 9. The van der Waals surface area contributed by atoms with Gasteiger partial charge in [-0.3, -0.25) is 5.43 Å². The van der Waals surface area contributed by atoms with Crippen LogP contribution in [0.5, 0.6) is 6.01 Å². The summed E-state index contributed by atoms with van der Waals surface area (Å²) in [4.78, 5) is 10.9. The summed E-state index contributed by atoms with van der Waals surface area (Å²) in [6.07, 6.45) is 1.74. The summed E-state index contributed by atoms with van der Waals surface area (Å²) in [5, 5.41) is 14.1. The lowest BCUT2D eigenvalue weighted by Gasteiger charge is -2.21. The standard InChI is InChI=1S/C20H29N5O2/c1-6-25(7-2)18-12-17(22-19(23-18)27-14-20(4,5)26)24-21-13-16-10-8-9-15(3)11-16/h8-13,26H,6-7,14H2,1-5H3,(H,22,23,24)/b21-13+. The molecule has 7 nitrogen and oxygen atoms in total. The molecular weight excluding hydrogens is 342 g/mol. The highest BCUT2D eigenvalue weighted by Gasteiger charge is 2.16. The summed E-state index contributed by atoms with van der Waals surface area (Å²) < 4.78 is 5.58. The normalized spacial score (nSPS) is 11.6. The molecule has 0 saturated carbocycles. The Morgan fingerprint density at radius 3 is 2.59 bits per heavy atom. The quantitative estimate of drug-likeness (QED) is 0.520. The molecule has 146 valence electrons. The number of anilines is 2. The number of nitrogens with one attached hydrogen (secondary N) is 1. The Hall–Kier alpha value is -2.67. The van der Waals surface area contributed by atoms with Gasteiger partial charge < -0.3 is 14.7 Å².